The SMILES string of the molecule is CCN(CC)c1nc(Cl)c(C)oc1=O. The van der Waals surface area contributed by atoms with E-state index in [1.54, 1.807) is 11.8 Å². The van der Waals surface area contributed by atoms with Gasteiger partial charge in [-0.3, -0.25) is 0 Å². The molecule has 0 unspecified atom stereocenters. The maximum atomic E-state index is 11.4. The van der Waals surface area contributed by atoms with Gasteiger partial charge in [-0.1, -0.05) is 11.6 Å². The molecule has 0 atom stereocenters. The Hall–Kier alpha value is -1.03. The Kier molecular flexibility index (Phi) is 3.52. The predicted molar refractivity (Wildman–Crippen MR) is 56.1 cm³/mol. The molecule has 0 spiro atoms. The summed E-state index contributed by atoms with van der Waals surface area (Å²) in [6, 6.07) is 0. The third kappa shape index (κ3) is 2.07. The van der Waals surface area contributed by atoms with Crippen LogP contribution in [0.5, 0.6) is 0 Å². The van der Waals surface area contributed by atoms with E-state index in [1.807, 2.05) is 13.8 Å². The Morgan fingerprint density at radius 3 is 2.50 bits per heavy atom. The van der Waals surface area contributed by atoms with Gasteiger partial charge in [0, 0.05) is 13.1 Å². The summed E-state index contributed by atoms with van der Waals surface area (Å²) >= 11 is 5.77. The molecule has 0 aliphatic heterocycles. The minimum Gasteiger partial charge on any atom is -0.422 e. The lowest BCUT2D eigenvalue weighted by Gasteiger charge is -2.17. The highest BCUT2D eigenvalue weighted by molar-refractivity contribution is 6.29. The largest absolute Gasteiger partial charge is 0.422 e. The monoisotopic (exact) mass is 216 g/mol. The second-order valence-electron chi connectivity index (χ2n) is 2.84. The van der Waals surface area contributed by atoms with Crippen molar-refractivity contribution in [3.8, 4) is 0 Å². The molecule has 0 aromatic carbocycles. The Morgan fingerprint density at radius 2 is 2.00 bits per heavy atom. The molecule has 0 radical (unpaired) electrons. The van der Waals surface area contributed by atoms with Crippen LogP contribution in [0.25, 0.3) is 0 Å². The van der Waals surface area contributed by atoms with Crippen LogP contribution in [0.2, 0.25) is 5.15 Å². The van der Waals surface area contributed by atoms with Gasteiger partial charge in [0.15, 0.2) is 5.15 Å². The highest BCUT2D eigenvalue weighted by Gasteiger charge is 2.12. The minimum atomic E-state index is -0.435. The van der Waals surface area contributed by atoms with Gasteiger partial charge in [0.2, 0.25) is 5.82 Å². The number of nitrogens with zero attached hydrogens (tertiary/aromatic N) is 2. The van der Waals surface area contributed by atoms with Crippen LogP contribution in [0.3, 0.4) is 0 Å². The molecule has 0 saturated carbocycles. The molecule has 0 N–H and O–H groups in total. The van der Waals surface area contributed by atoms with Crippen molar-refractivity contribution in [3.05, 3.63) is 21.3 Å². The number of anilines is 1. The molecule has 0 saturated heterocycles. The van der Waals surface area contributed by atoms with Gasteiger partial charge in [-0.15, -0.1) is 0 Å². The fraction of sp³-hybridized carbons (Fsp3) is 0.556. The summed E-state index contributed by atoms with van der Waals surface area (Å²) in [7, 11) is 0. The molecule has 5 heteroatoms. The van der Waals surface area contributed by atoms with E-state index in [9.17, 15) is 4.79 Å². The van der Waals surface area contributed by atoms with Crippen LogP contribution in [-0.2, 0) is 0 Å². The van der Waals surface area contributed by atoms with Crippen molar-refractivity contribution < 1.29 is 4.42 Å². The van der Waals surface area contributed by atoms with Gasteiger partial charge in [0.25, 0.3) is 0 Å². The highest BCUT2D eigenvalue weighted by Crippen LogP contribution is 2.13. The lowest BCUT2D eigenvalue weighted by molar-refractivity contribution is 0.471. The van der Waals surface area contributed by atoms with Gasteiger partial charge in [0.05, 0.1) is 0 Å². The maximum Gasteiger partial charge on any atom is 0.379 e. The number of halogens is 1. The van der Waals surface area contributed by atoms with Crippen molar-refractivity contribution in [3.63, 3.8) is 0 Å². The Balaban J connectivity index is 3.21. The first-order valence-corrected chi connectivity index (χ1v) is 4.90. The number of hydrogen-bond donors (Lipinski definition) is 0. The third-order valence-corrected chi connectivity index (χ3v) is 2.34. The quantitative estimate of drug-likeness (QED) is 0.774. The Labute approximate surface area is 87.5 Å². The topological polar surface area (TPSA) is 46.3 Å². The molecule has 1 heterocycles. The van der Waals surface area contributed by atoms with E-state index in [-0.39, 0.29) is 11.0 Å². The van der Waals surface area contributed by atoms with Crippen molar-refractivity contribution in [1.29, 1.82) is 0 Å². The Morgan fingerprint density at radius 1 is 1.43 bits per heavy atom. The second kappa shape index (κ2) is 4.46. The van der Waals surface area contributed by atoms with E-state index in [2.05, 4.69) is 4.98 Å². The average molecular weight is 217 g/mol. The normalized spacial score (nSPS) is 10.3. The molecule has 1 aromatic heterocycles. The molecule has 4 nitrogen and oxygen atoms in total. The summed E-state index contributed by atoms with van der Waals surface area (Å²) in [5.74, 6) is 0.637. The van der Waals surface area contributed by atoms with E-state index in [0.717, 1.165) is 0 Å². The molecule has 1 rings (SSSR count). The molecule has 0 amide bonds. The fourth-order valence-electron chi connectivity index (χ4n) is 1.17. The minimum absolute atomic E-state index is 0.242. The van der Waals surface area contributed by atoms with E-state index < -0.39 is 5.63 Å². The van der Waals surface area contributed by atoms with Gasteiger partial charge >= 0.3 is 5.63 Å². The van der Waals surface area contributed by atoms with Crippen LogP contribution in [0.15, 0.2) is 9.21 Å². The van der Waals surface area contributed by atoms with E-state index >= 15 is 0 Å². The standard InChI is InChI=1S/C9H13ClN2O2/c1-4-12(5-2)8-9(13)14-6(3)7(10)11-8/h4-5H2,1-3H3. The van der Waals surface area contributed by atoms with Crippen LogP contribution >= 0.6 is 11.6 Å². The first-order valence-electron chi connectivity index (χ1n) is 4.52. The summed E-state index contributed by atoms with van der Waals surface area (Å²) < 4.78 is 4.93. The van der Waals surface area contributed by atoms with Crippen LogP contribution in [-0.4, -0.2) is 18.1 Å². The highest BCUT2D eigenvalue weighted by atomic mass is 35.5. The summed E-state index contributed by atoms with van der Waals surface area (Å²) in [6.07, 6.45) is 0. The van der Waals surface area contributed by atoms with Crippen molar-refractivity contribution in [2.24, 2.45) is 0 Å². The molecule has 0 aliphatic carbocycles. The van der Waals surface area contributed by atoms with Crippen molar-refractivity contribution in [2.75, 3.05) is 18.0 Å². The van der Waals surface area contributed by atoms with Crippen molar-refractivity contribution >= 4 is 17.4 Å². The zero-order valence-electron chi connectivity index (χ0n) is 8.50. The molecule has 78 valence electrons. The summed E-state index contributed by atoms with van der Waals surface area (Å²) in [4.78, 5) is 17.2. The summed E-state index contributed by atoms with van der Waals surface area (Å²) in [5.41, 5.74) is -0.435. The number of aryl methyl sites for hydroxylation is 1. The lowest BCUT2D eigenvalue weighted by atomic mass is 10.5. The van der Waals surface area contributed by atoms with Gasteiger partial charge in [-0.05, 0) is 20.8 Å². The van der Waals surface area contributed by atoms with E-state index in [4.69, 9.17) is 16.0 Å². The molecular weight excluding hydrogens is 204 g/mol. The van der Waals surface area contributed by atoms with Gasteiger partial charge < -0.3 is 9.32 Å². The van der Waals surface area contributed by atoms with Crippen LogP contribution in [0.4, 0.5) is 5.82 Å². The van der Waals surface area contributed by atoms with Crippen molar-refractivity contribution in [1.82, 2.24) is 4.98 Å². The van der Waals surface area contributed by atoms with Crippen LogP contribution in [0.1, 0.15) is 19.6 Å². The number of rotatable bonds is 3. The molecule has 0 fully saturated rings. The van der Waals surface area contributed by atoms with E-state index in [1.165, 1.54) is 0 Å². The molecule has 0 aliphatic rings. The predicted octanol–water partition coefficient (Wildman–Crippen LogP) is 1.84. The lowest BCUT2D eigenvalue weighted by Crippen LogP contribution is -2.28. The van der Waals surface area contributed by atoms with E-state index in [0.29, 0.717) is 18.8 Å². The van der Waals surface area contributed by atoms with Crippen LogP contribution in [0, 0.1) is 6.92 Å². The van der Waals surface area contributed by atoms with Gasteiger partial charge in [-0.2, -0.15) is 0 Å². The first kappa shape index (κ1) is 11.0. The van der Waals surface area contributed by atoms with Gasteiger partial charge in [0.1, 0.15) is 5.76 Å². The summed E-state index contributed by atoms with van der Waals surface area (Å²) in [6.45, 7) is 6.90. The van der Waals surface area contributed by atoms with Gasteiger partial charge in [-0.25, -0.2) is 9.78 Å². The van der Waals surface area contributed by atoms with Crippen molar-refractivity contribution in [2.45, 2.75) is 20.8 Å². The summed E-state index contributed by atoms with van der Waals surface area (Å²) in [5, 5.41) is 0.242. The zero-order chi connectivity index (χ0) is 10.7. The number of aromatic nitrogens is 1. The molecule has 14 heavy (non-hydrogen) atoms. The maximum absolute atomic E-state index is 11.4. The third-order valence-electron chi connectivity index (χ3n) is 1.99. The molecule has 1 aromatic rings. The smallest absolute Gasteiger partial charge is 0.379 e. The first-order chi connectivity index (χ1) is 6.60. The fourth-order valence-corrected chi connectivity index (χ4v) is 1.29. The molecule has 0 bridgehead atoms. The van der Waals surface area contributed by atoms with Crippen LogP contribution < -0.4 is 10.5 Å². The zero-order valence-corrected chi connectivity index (χ0v) is 9.26. The Bertz CT molecular complexity index is 372. The average Bonchev–Trinajstić information content (AvgIpc) is 2.15. The second-order valence-corrected chi connectivity index (χ2v) is 3.20. The number of hydrogen-bond acceptors (Lipinski definition) is 4. The molecular formula is C9H13ClN2O2.